The van der Waals surface area contributed by atoms with Gasteiger partial charge in [-0.25, -0.2) is 0 Å². The van der Waals surface area contributed by atoms with Crippen LogP contribution in [0.1, 0.15) is 31.1 Å². The topological polar surface area (TPSA) is 105 Å². The summed E-state index contributed by atoms with van der Waals surface area (Å²) in [4.78, 5) is 25.0. The maximum absolute atomic E-state index is 12.9. The second kappa shape index (κ2) is 8.14. The van der Waals surface area contributed by atoms with E-state index in [4.69, 9.17) is 9.47 Å². The molecule has 0 radical (unpaired) electrons. The maximum atomic E-state index is 12.9. The number of carbonyl (C=O) groups is 2. The first-order valence-corrected chi connectivity index (χ1v) is 9.97. The average Bonchev–Trinajstić information content (AvgIpc) is 3.24. The van der Waals surface area contributed by atoms with Crippen LogP contribution in [0.15, 0.2) is 48.7 Å². The summed E-state index contributed by atoms with van der Waals surface area (Å²) in [7, 11) is 0. The van der Waals surface area contributed by atoms with Gasteiger partial charge in [-0.3, -0.25) is 14.7 Å². The molecule has 8 nitrogen and oxygen atoms in total. The van der Waals surface area contributed by atoms with Gasteiger partial charge in [0.2, 0.25) is 5.91 Å². The van der Waals surface area contributed by atoms with Crippen LogP contribution < -0.4 is 20.1 Å². The zero-order valence-corrected chi connectivity index (χ0v) is 17.6. The number of H-pyrrole nitrogens is 1. The number of hydrogen-bond acceptors (Lipinski definition) is 5. The molecule has 8 heteroatoms. The number of nitrogens with one attached hydrogen (secondary N) is 3. The van der Waals surface area contributed by atoms with Crippen molar-refractivity contribution in [2.75, 3.05) is 23.8 Å². The smallest absolute Gasteiger partial charge is 0.259 e. The molecule has 3 N–H and O–H groups in total. The van der Waals surface area contributed by atoms with Gasteiger partial charge in [-0.05, 0) is 42.5 Å². The van der Waals surface area contributed by atoms with Crippen molar-refractivity contribution in [3.63, 3.8) is 0 Å². The average molecular weight is 420 g/mol. The molecule has 160 valence electrons. The Bertz CT molecular complexity index is 1110. The predicted octanol–water partition coefficient (Wildman–Crippen LogP) is 4.08. The van der Waals surface area contributed by atoms with Gasteiger partial charge in [0.1, 0.15) is 13.2 Å². The Labute approximate surface area is 180 Å². The van der Waals surface area contributed by atoms with Gasteiger partial charge in [-0.15, -0.1) is 0 Å². The molecule has 0 unspecified atom stereocenters. The summed E-state index contributed by atoms with van der Waals surface area (Å²) < 4.78 is 11.2. The number of aromatic amines is 1. The Morgan fingerprint density at radius 2 is 1.58 bits per heavy atom. The largest absolute Gasteiger partial charge is 0.486 e. The van der Waals surface area contributed by atoms with Gasteiger partial charge in [0, 0.05) is 22.4 Å². The van der Waals surface area contributed by atoms with Crippen molar-refractivity contribution in [2.45, 2.75) is 20.8 Å². The minimum Gasteiger partial charge on any atom is -0.486 e. The van der Waals surface area contributed by atoms with Crippen LogP contribution in [0.25, 0.3) is 11.3 Å². The highest BCUT2D eigenvalue weighted by atomic mass is 16.6. The summed E-state index contributed by atoms with van der Waals surface area (Å²) in [5.74, 6) is 0.939. The van der Waals surface area contributed by atoms with E-state index in [2.05, 4.69) is 20.8 Å². The first kappa shape index (κ1) is 20.5. The van der Waals surface area contributed by atoms with Crippen molar-refractivity contribution in [3.05, 3.63) is 54.2 Å². The van der Waals surface area contributed by atoms with E-state index in [1.54, 1.807) is 24.3 Å². The number of nitrogens with zero attached hydrogens (tertiary/aromatic N) is 1. The fraction of sp³-hybridized carbons (Fsp3) is 0.261. The number of ether oxygens (including phenoxy) is 2. The highest BCUT2D eigenvalue weighted by Crippen LogP contribution is 2.35. The highest BCUT2D eigenvalue weighted by molar-refractivity contribution is 6.08. The van der Waals surface area contributed by atoms with Gasteiger partial charge < -0.3 is 20.1 Å². The molecule has 0 fully saturated rings. The van der Waals surface area contributed by atoms with Gasteiger partial charge >= 0.3 is 0 Å². The number of anilines is 2. The lowest BCUT2D eigenvalue weighted by molar-refractivity contribution is -0.123. The number of aromatic nitrogens is 2. The molecule has 2 heterocycles. The fourth-order valence-electron chi connectivity index (χ4n) is 3.03. The third kappa shape index (κ3) is 4.53. The van der Waals surface area contributed by atoms with Crippen LogP contribution in [0.2, 0.25) is 0 Å². The molecule has 1 aliphatic heterocycles. The molecule has 1 aromatic heterocycles. The zero-order chi connectivity index (χ0) is 22.0. The summed E-state index contributed by atoms with van der Waals surface area (Å²) in [6.07, 6.45) is 1.49. The van der Waals surface area contributed by atoms with E-state index in [0.29, 0.717) is 47.3 Å². The number of benzene rings is 2. The van der Waals surface area contributed by atoms with Crippen LogP contribution in [0, 0.1) is 5.41 Å². The Hall–Kier alpha value is -3.81. The third-order valence-electron chi connectivity index (χ3n) is 4.80. The molecule has 0 atom stereocenters. The van der Waals surface area contributed by atoms with Crippen LogP contribution in [0.5, 0.6) is 11.5 Å². The molecule has 3 aromatic rings. The molecule has 31 heavy (non-hydrogen) atoms. The SMILES string of the molecule is CC(C)(C)C(=O)Nc1ccc(NC(=O)c2cn[nH]c2-c2ccc3c(c2)OCCO3)cc1. The molecule has 0 saturated carbocycles. The van der Waals surface area contributed by atoms with Crippen LogP contribution in [-0.2, 0) is 4.79 Å². The number of amides is 2. The van der Waals surface area contributed by atoms with E-state index >= 15 is 0 Å². The minimum atomic E-state index is -0.488. The van der Waals surface area contributed by atoms with Gasteiger partial charge in [0.05, 0.1) is 17.5 Å². The molecule has 2 aromatic carbocycles. The number of hydrogen-bond donors (Lipinski definition) is 3. The number of fused-ring (bicyclic) bond motifs is 1. The Morgan fingerprint density at radius 1 is 0.935 bits per heavy atom. The van der Waals surface area contributed by atoms with Crippen molar-refractivity contribution in [2.24, 2.45) is 5.41 Å². The van der Waals surface area contributed by atoms with E-state index < -0.39 is 5.41 Å². The van der Waals surface area contributed by atoms with Crippen molar-refractivity contribution >= 4 is 23.2 Å². The second-order valence-electron chi connectivity index (χ2n) is 8.25. The quantitative estimate of drug-likeness (QED) is 0.590. The first-order valence-electron chi connectivity index (χ1n) is 9.97. The van der Waals surface area contributed by atoms with Gasteiger partial charge in [-0.2, -0.15) is 5.10 Å². The lowest BCUT2D eigenvalue weighted by Crippen LogP contribution is -2.27. The monoisotopic (exact) mass is 420 g/mol. The molecule has 0 spiro atoms. The lowest BCUT2D eigenvalue weighted by Gasteiger charge is -2.18. The fourth-order valence-corrected chi connectivity index (χ4v) is 3.03. The molecular formula is C23H24N4O4. The predicted molar refractivity (Wildman–Crippen MR) is 117 cm³/mol. The van der Waals surface area contributed by atoms with Crippen LogP contribution in [-0.4, -0.2) is 35.2 Å². The van der Waals surface area contributed by atoms with Gasteiger partial charge in [0.15, 0.2) is 11.5 Å². The van der Waals surface area contributed by atoms with Crippen LogP contribution in [0.4, 0.5) is 11.4 Å². The Kier molecular flexibility index (Phi) is 5.37. The van der Waals surface area contributed by atoms with Crippen molar-refractivity contribution < 1.29 is 19.1 Å². The van der Waals surface area contributed by atoms with E-state index in [-0.39, 0.29) is 11.8 Å². The van der Waals surface area contributed by atoms with E-state index in [9.17, 15) is 9.59 Å². The van der Waals surface area contributed by atoms with Gasteiger partial charge in [-0.1, -0.05) is 20.8 Å². The van der Waals surface area contributed by atoms with Gasteiger partial charge in [0.25, 0.3) is 5.91 Å². The maximum Gasteiger partial charge on any atom is 0.259 e. The molecular weight excluding hydrogens is 396 g/mol. The summed E-state index contributed by atoms with van der Waals surface area (Å²) in [5.41, 5.74) is 2.54. The molecule has 4 rings (SSSR count). The standard InChI is InChI=1S/C23H24N4O4/c1-23(2,3)22(29)26-16-7-5-15(6-8-16)25-21(28)17-13-24-27-20(17)14-4-9-18-19(12-14)31-11-10-30-18/h4-9,12-13H,10-11H2,1-3H3,(H,24,27)(H,25,28)(H,26,29). The first-order chi connectivity index (χ1) is 14.8. The molecule has 0 saturated heterocycles. The normalized spacial score (nSPS) is 12.9. The molecule has 0 aliphatic carbocycles. The van der Waals surface area contributed by atoms with Crippen molar-refractivity contribution in [1.29, 1.82) is 0 Å². The zero-order valence-electron chi connectivity index (χ0n) is 17.6. The second-order valence-corrected chi connectivity index (χ2v) is 8.25. The molecule has 0 bridgehead atoms. The Morgan fingerprint density at radius 3 is 2.26 bits per heavy atom. The highest BCUT2D eigenvalue weighted by Gasteiger charge is 2.21. The molecule has 2 amide bonds. The van der Waals surface area contributed by atoms with Crippen LogP contribution >= 0.6 is 0 Å². The minimum absolute atomic E-state index is 0.0771. The summed E-state index contributed by atoms with van der Waals surface area (Å²) >= 11 is 0. The van der Waals surface area contributed by atoms with E-state index in [1.807, 2.05) is 39.0 Å². The molecule has 1 aliphatic rings. The van der Waals surface area contributed by atoms with Crippen LogP contribution in [0.3, 0.4) is 0 Å². The van der Waals surface area contributed by atoms with Crippen molar-refractivity contribution in [3.8, 4) is 22.8 Å². The lowest BCUT2D eigenvalue weighted by atomic mass is 9.95. The van der Waals surface area contributed by atoms with E-state index in [1.165, 1.54) is 6.20 Å². The Balaban J connectivity index is 1.48. The summed E-state index contributed by atoms with van der Waals surface area (Å²) in [6.45, 7) is 6.55. The van der Waals surface area contributed by atoms with E-state index in [0.717, 1.165) is 5.56 Å². The number of carbonyl (C=O) groups excluding carboxylic acids is 2. The van der Waals surface area contributed by atoms with Crippen molar-refractivity contribution in [1.82, 2.24) is 10.2 Å². The summed E-state index contributed by atoms with van der Waals surface area (Å²) in [6, 6.07) is 12.5. The summed E-state index contributed by atoms with van der Waals surface area (Å²) in [5, 5.41) is 12.6. The number of rotatable bonds is 4. The third-order valence-corrected chi connectivity index (χ3v) is 4.80.